The fraction of sp³-hybridized carbons (Fsp3) is 0.0667. The Balaban J connectivity index is 0.000001000. The van der Waals surface area contributed by atoms with Gasteiger partial charge in [0.25, 0.3) is 0 Å². The van der Waals surface area contributed by atoms with E-state index in [0.717, 1.165) is 17.0 Å². The second-order valence-corrected chi connectivity index (χ2v) is 4.32. The van der Waals surface area contributed by atoms with E-state index in [9.17, 15) is 0 Å². The molecule has 0 saturated heterocycles. The van der Waals surface area contributed by atoms with Gasteiger partial charge in [-0.1, -0.05) is 29.3 Å². The van der Waals surface area contributed by atoms with Crippen LogP contribution in [0.5, 0.6) is 0 Å². The van der Waals surface area contributed by atoms with E-state index in [4.69, 9.17) is 0 Å². The summed E-state index contributed by atoms with van der Waals surface area (Å²) < 4.78 is 0. The van der Waals surface area contributed by atoms with Gasteiger partial charge in [-0.3, -0.25) is 0 Å². The molecule has 83 valence electrons. The Hall–Kier alpha value is -1.12. The molecule has 3 aromatic rings. The van der Waals surface area contributed by atoms with Gasteiger partial charge in [0.05, 0.1) is 5.69 Å². The van der Waals surface area contributed by atoms with Crippen LogP contribution in [0.25, 0.3) is 33.2 Å². The Morgan fingerprint density at radius 1 is 1.00 bits per heavy atom. The minimum Gasteiger partial charge on any atom is -0.200 e. The molecule has 2 nitrogen and oxygen atoms in total. The number of nitrogens with zero attached hydrogens (tertiary/aromatic N) is 2. The van der Waals surface area contributed by atoms with Crippen molar-refractivity contribution in [1.29, 1.82) is 0 Å². The average molecular weight is 306 g/mol. The van der Waals surface area contributed by atoms with E-state index in [2.05, 4.69) is 40.5 Å². The topological polar surface area (TPSA) is 25.8 Å². The first-order valence-electron chi connectivity index (χ1n) is 5.64. The molecular formula is C15H9N2Y-. The van der Waals surface area contributed by atoms with Gasteiger partial charge in [0.2, 0.25) is 0 Å². The molecule has 1 aromatic heterocycles. The zero-order valence-electron chi connectivity index (χ0n) is 9.94. The van der Waals surface area contributed by atoms with Crippen molar-refractivity contribution < 1.29 is 32.7 Å². The summed E-state index contributed by atoms with van der Waals surface area (Å²) in [6, 6.07) is 15.7. The molecule has 0 atom stereocenters. The maximum atomic E-state index is 4.34. The van der Waals surface area contributed by atoms with E-state index < -0.39 is 0 Å². The van der Waals surface area contributed by atoms with Gasteiger partial charge in [-0.15, -0.1) is 29.8 Å². The Morgan fingerprint density at radius 3 is 2.72 bits per heavy atom. The van der Waals surface area contributed by atoms with Gasteiger partial charge in [-0.05, 0) is 17.7 Å². The summed E-state index contributed by atoms with van der Waals surface area (Å²) in [6.45, 7) is 2.00. The standard InChI is InChI=1S/C15H9N2.Y/c1-9-10-7-4-8-12-11-5-2-3-6-13(11)15(14(10)12)17-16-9;/h2-5,7-8H,1H3;/q-1;. The second kappa shape index (κ2) is 4.22. The van der Waals surface area contributed by atoms with Gasteiger partial charge < -0.3 is 0 Å². The summed E-state index contributed by atoms with van der Waals surface area (Å²) >= 11 is 0. The molecule has 0 amide bonds. The summed E-state index contributed by atoms with van der Waals surface area (Å²) in [4.78, 5) is 0. The van der Waals surface area contributed by atoms with E-state index in [-0.39, 0.29) is 32.7 Å². The number of rotatable bonds is 0. The van der Waals surface area contributed by atoms with Crippen LogP contribution in [0.3, 0.4) is 0 Å². The Morgan fingerprint density at radius 2 is 1.83 bits per heavy atom. The number of aryl methyl sites for hydroxylation is 1. The molecule has 1 aliphatic carbocycles. The third kappa shape index (κ3) is 1.42. The van der Waals surface area contributed by atoms with E-state index >= 15 is 0 Å². The predicted molar refractivity (Wildman–Crippen MR) is 67.5 cm³/mol. The maximum Gasteiger partial charge on any atom is 0.0661 e. The molecule has 3 heteroatoms. The molecule has 0 N–H and O–H groups in total. The number of hydrogen-bond donors (Lipinski definition) is 0. The third-order valence-electron chi connectivity index (χ3n) is 3.37. The Bertz CT molecular complexity index is 736. The molecule has 0 unspecified atom stereocenters. The predicted octanol–water partition coefficient (Wildman–Crippen LogP) is 3.38. The van der Waals surface area contributed by atoms with Crippen molar-refractivity contribution in [2.75, 3.05) is 0 Å². The normalized spacial score (nSPS) is 11.2. The van der Waals surface area contributed by atoms with Crippen molar-refractivity contribution in [2.45, 2.75) is 6.92 Å². The van der Waals surface area contributed by atoms with Gasteiger partial charge in [0.15, 0.2) is 0 Å². The summed E-state index contributed by atoms with van der Waals surface area (Å²) in [5.74, 6) is 0. The molecule has 0 spiro atoms. The zero-order chi connectivity index (χ0) is 11.4. The van der Waals surface area contributed by atoms with Crippen molar-refractivity contribution in [3.63, 3.8) is 0 Å². The Kier molecular flexibility index (Phi) is 2.80. The minimum atomic E-state index is 0. The van der Waals surface area contributed by atoms with Crippen molar-refractivity contribution in [3.8, 4) is 22.4 Å². The molecule has 4 rings (SSSR count). The smallest absolute Gasteiger partial charge is 0.0661 e. The largest absolute Gasteiger partial charge is 0.200 e. The summed E-state index contributed by atoms with van der Waals surface area (Å²) in [5, 5.41) is 11.0. The van der Waals surface area contributed by atoms with Gasteiger partial charge in [0.1, 0.15) is 0 Å². The van der Waals surface area contributed by atoms with Crippen molar-refractivity contribution >= 4 is 10.8 Å². The number of benzene rings is 2. The van der Waals surface area contributed by atoms with E-state index in [1.54, 1.807) is 0 Å². The quantitative estimate of drug-likeness (QED) is 0.465. The second-order valence-electron chi connectivity index (χ2n) is 4.32. The SMILES string of the molecule is Cc1nnc2c3c(cccc13)-c1ccc[c-]c1-2.[Y]. The minimum absolute atomic E-state index is 0. The van der Waals surface area contributed by atoms with Crippen molar-refractivity contribution in [3.05, 3.63) is 48.2 Å². The number of aromatic nitrogens is 2. The number of hydrogen-bond acceptors (Lipinski definition) is 2. The van der Waals surface area contributed by atoms with Crippen LogP contribution in [-0.4, -0.2) is 10.2 Å². The van der Waals surface area contributed by atoms with E-state index in [1.807, 2.05) is 19.1 Å². The fourth-order valence-electron chi connectivity index (χ4n) is 2.59. The monoisotopic (exact) mass is 306 g/mol. The average Bonchev–Trinajstić information content (AvgIpc) is 2.70. The molecule has 2 aromatic carbocycles. The summed E-state index contributed by atoms with van der Waals surface area (Å²) in [6.07, 6.45) is 0. The van der Waals surface area contributed by atoms with Gasteiger partial charge >= 0.3 is 0 Å². The number of fused-ring (bicyclic) bond motifs is 3. The van der Waals surface area contributed by atoms with Gasteiger partial charge in [-0.25, -0.2) is 5.10 Å². The molecule has 1 heterocycles. The first-order chi connectivity index (χ1) is 8.36. The zero-order valence-corrected chi connectivity index (χ0v) is 12.8. The van der Waals surface area contributed by atoms with E-state index in [0.29, 0.717) is 0 Å². The van der Waals surface area contributed by atoms with Crippen molar-refractivity contribution in [1.82, 2.24) is 10.2 Å². The molecule has 18 heavy (non-hydrogen) atoms. The van der Waals surface area contributed by atoms with Crippen LogP contribution < -0.4 is 0 Å². The molecule has 0 aliphatic heterocycles. The summed E-state index contributed by atoms with van der Waals surface area (Å²) in [7, 11) is 0. The fourth-order valence-corrected chi connectivity index (χ4v) is 2.59. The Labute approximate surface area is 130 Å². The molecule has 0 saturated carbocycles. The van der Waals surface area contributed by atoms with Crippen LogP contribution in [0.4, 0.5) is 0 Å². The molecular weight excluding hydrogens is 297 g/mol. The van der Waals surface area contributed by atoms with Crippen LogP contribution in [0.1, 0.15) is 5.69 Å². The van der Waals surface area contributed by atoms with Crippen molar-refractivity contribution in [2.24, 2.45) is 0 Å². The third-order valence-corrected chi connectivity index (χ3v) is 3.37. The molecule has 1 aliphatic rings. The van der Waals surface area contributed by atoms with Gasteiger partial charge in [-0.2, -0.15) is 5.10 Å². The first-order valence-corrected chi connectivity index (χ1v) is 5.64. The molecule has 0 bridgehead atoms. The van der Waals surface area contributed by atoms with E-state index in [1.165, 1.54) is 21.9 Å². The molecule has 0 fully saturated rings. The maximum absolute atomic E-state index is 4.34. The summed E-state index contributed by atoms with van der Waals surface area (Å²) in [5.41, 5.74) is 5.50. The van der Waals surface area contributed by atoms with Crippen LogP contribution in [0.2, 0.25) is 0 Å². The molecule has 1 radical (unpaired) electrons. The van der Waals surface area contributed by atoms with Crippen LogP contribution in [0.15, 0.2) is 36.4 Å². The first kappa shape index (κ1) is 11.9. The van der Waals surface area contributed by atoms with Gasteiger partial charge in [0, 0.05) is 38.4 Å². The van der Waals surface area contributed by atoms with Crippen LogP contribution in [0, 0.1) is 13.0 Å². The van der Waals surface area contributed by atoms with Crippen LogP contribution in [-0.2, 0) is 32.7 Å². The van der Waals surface area contributed by atoms with Crippen LogP contribution >= 0.6 is 0 Å².